The van der Waals surface area contributed by atoms with E-state index in [9.17, 15) is 14.8 Å². The van der Waals surface area contributed by atoms with Gasteiger partial charge in [0.15, 0.2) is 0 Å². The summed E-state index contributed by atoms with van der Waals surface area (Å²) < 4.78 is 21.8. The van der Waals surface area contributed by atoms with Crippen molar-refractivity contribution in [3.05, 3.63) is 0 Å². The molecule has 0 aliphatic rings. The number of hydrogen-bond donors (Lipinski definition) is 2. The fraction of sp³-hybridized carbons (Fsp3) is 1.00. The minimum Gasteiger partial charge on any atom is -0.389 e. The van der Waals surface area contributed by atoms with Gasteiger partial charge in [-0.05, 0) is 25.7 Å². The maximum absolute atomic E-state index is 11.6. The first kappa shape index (κ1) is 22.8. The summed E-state index contributed by atoms with van der Waals surface area (Å²) in [6.07, 6.45) is 2.76. The molecule has 5 nitrogen and oxygen atoms in total. The molecule has 0 saturated carbocycles. The quantitative estimate of drug-likeness (QED) is 0.271. The summed E-state index contributed by atoms with van der Waals surface area (Å²) in [4.78, 5) is 0. The van der Waals surface area contributed by atoms with Crippen molar-refractivity contribution >= 4 is 31.8 Å². The first-order valence-electron chi connectivity index (χ1n) is 7.74. The largest absolute Gasteiger partial charge is 0.389 e. The molecule has 0 unspecified atom stereocenters. The molecule has 0 aromatic heterocycles. The smallest absolute Gasteiger partial charge is 0.320 e. The molecule has 0 rings (SSSR count). The van der Waals surface area contributed by atoms with Crippen LogP contribution in [-0.2, 0) is 13.6 Å². The van der Waals surface area contributed by atoms with Crippen LogP contribution in [0.4, 0.5) is 0 Å². The highest BCUT2D eigenvalue weighted by molar-refractivity contribution is 7.99. The van der Waals surface area contributed by atoms with Crippen LogP contribution in [0.3, 0.4) is 0 Å². The van der Waals surface area contributed by atoms with Crippen molar-refractivity contribution in [2.75, 3.05) is 23.4 Å². The highest BCUT2D eigenvalue weighted by atomic mass is 32.2. The second kappa shape index (κ2) is 12.2. The van der Waals surface area contributed by atoms with Gasteiger partial charge in [-0.15, -0.1) is 23.5 Å². The van der Waals surface area contributed by atoms with Crippen LogP contribution in [0, 0.1) is 0 Å². The maximum atomic E-state index is 11.6. The van der Waals surface area contributed by atoms with E-state index in [1.807, 2.05) is 27.7 Å². The van der Waals surface area contributed by atoms with E-state index in [0.29, 0.717) is 37.2 Å². The topological polar surface area (TPSA) is 76.0 Å². The van der Waals surface area contributed by atoms with Gasteiger partial charge >= 0.3 is 8.25 Å². The Hall–Kier alpha value is 0.770. The van der Waals surface area contributed by atoms with Crippen LogP contribution >= 0.6 is 31.8 Å². The normalized spacial score (nSPS) is 13.0. The minimum atomic E-state index is -2.51. The third-order valence-corrected chi connectivity index (χ3v) is 7.12. The van der Waals surface area contributed by atoms with E-state index in [0.717, 1.165) is 0 Å². The molecule has 0 aromatic rings. The van der Waals surface area contributed by atoms with Gasteiger partial charge in [-0.2, -0.15) is 0 Å². The first-order chi connectivity index (χ1) is 10.3. The van der Waals surface area contributed by atoms with Gasteiger partial charge in [-0.1, -0.05) is 27.7 Å². The Labute approximate surface area is 143 Å². The minimum absolute atomic E-state index is 0.249. The highest BCUT2D eigenvalue weighted by Gasteiger charge is 2.22. The van der Waals surface area contributed by atoms with Crippen LogP contribution in [0.5, 0.6) is 0 Å². The molecular weight excluding hydrogens is 343 g/mol. The summed E-state index contributed by atoms with van der Waals surface area (Å²) in [5.74, 6) is 1.62. The lowest BCUT2D eigenvalue weighted by atomic mass is 10.0. The number of aliphatic hydroxyl groups is 2. The monoisotopic (exact) mass is 374 g/mol. The molecule has 2 N–H and O–H groups in total. The lowest BCUT2D eigenvalue weighted by Gasteiger charge is -2.24. The van der Waals surface area contributed by atoms with Crippen molar-refractivity contribution in [3.8, 4) is 0 Å². The Bertz CT molecular complexity index is 282. The summed E-state index contributed by atoms with van der Waals surface area (Å²) in [5, 5.41) is 20.2. The van der Waals surface area contributed by atoms with Gasteiger partial charge in [0.1, 0.15) is 11.9 Å². The van der Waals surface area contributed by atoms with Crippen LogP contribution in [0.2, 0.25) is 0 Å². The third-order valence-electron chi connectivity index (χ3n) is 3.89. The van der Waals surface area contributed by atoms with Crippen LogP contribution in [0.15, 0.2) is 0 Å². The van der Waals surface area contributed by atoms with E-state index in [1.165, 1.54) is 23.5 Å². The summed E-state index contributed by atoms with van der Waals surface area (Å²) >= 11 is 2.83. The number of thioether (sulfide) groups is 2. The van der Waals surface area contributed by atoms with Crippen molar-refractivity contribution in [2.24, 2.45) is 0 Å². The fourth-order valence-electron chi connectivity index (χ4n) is 1.59. The molecule has 0 spiro atoms. The second-order valence-electron chi connectivity index (χ2n) is 5.33. The standard InChI is InChI=1S/C14H31O5PS2/c1-5-13(15,6-2)9-21-11-18-20(17)19-12-22-10-14(16,7-3)8-4/h15-16,20H,5-12H2,1-4H3. The van der Waals surface area contributed by atoms with Gasteiger partial charge in [0.25, 0.3) is 0 Å². The van der Waals surface area contributed by atoms with E-state index in [1.54, 1.807) is 0 Å². The van der Waals surface area contributed by atoms with Gasteiger partial charge in [-0.25, -0.2) is 0 Å². The Morgan fingerprint density at radius 3 is 1.41 bits per heavy atom. The predicted octanol–water partition coefficient (Wildman–Crippen LogP) is 3.89. The first-order valence-corrected chi connectivity index (χ1v) is 11.3. The van der Waals surface area contributed by atoms with E-state index >= 15 is 0 Å². The van der Waals surface area contributed by atoms with Gasteiger partial charge in [0.2, 0.25) is 0 Å². The SMILES string of the molecule is CCC(O)(CC)CSCO[PH](=O)OCSCC(O)(CC)CC. The van der Waals surface area contributed by atoms with E-state index in [4.69, 9.17) is 9.05 Å². The van der Waals surface area contributed by atoms with Crippen LogP contribution < -0.4 is 0 Å². The van der Waals surface area contributed by atoms with Crippen LogP contribution in [0.1, 0.15) is 53.4 Å². The van der Waals surface area contributed by atoms with E-state index < -0.39 is 19.5 Å². The third kappa shape index (κ3) is 9.81. The van der Waals surface area contributed by atoms with Gasteiger partial charge in [-0.3, -0.25) is 13.6 Å². The Morgan fingerprint density at radius 1 is 0.818 bits per heavy atom. The van der Waals surface area contributed by atoms with Gasteiger partial charge in [0.05, 0.1) is 11.2 Å². The molecule has 0 aliphatic heterocycles. The van der Waals surface area contributed by atoms with Gasteiger partial charge in [0, 0.05) is 11.5 Å². The van der Waals surface area contributed by atoms with Crippen LogP contribution in [0.25, 0.3) is 0 Å². The molecule has 0 bridgehead atoms. The molecule has 0 amide bonds. The molecule has 0 fully saturated rings. The molecule has 0 saturated heterocycles. The van der Waals surface area contributed by atoms with Crippen LogP contribution in [-0.4, -0.2) is 44.8 Å². The Morgan fingerprint density at radius 2 is 1.14 bits per heavy atom. The zero-order valence-corrected chi connectivity index (χ0v) is 16.7. The molecule has 0 atom stereocenters. The van der Waals surface area contributed by atoms with Crippen molar-refractivity contribution in [2.45, 2.75) is 64.6 Å². The summed E-state index contributed by atoms with van der Waals surface area (Å²) in [6.45, 7) is 7.79. The van der Waals surface area contributed by atoms with Crippen molar-refractivity contribution in [3.63, 3.8) is 0 Å². The van der Waals surface area contributed by atoms with Gasteiger partial charge < -0.3 is 10.2 Å². The predicted molar refractivity (Wildman–Crippen MR) is 96.9 cm³/mol. The summed E-state index contributed by atoms with van der Waals surface area (Å²) in [7, 11) is -2.51. The Balaban J connectivity index is 3.71. The molecule has 0 aliphatic carbocycles. The molecular formula is C14H31O5PS2. The van der Waals surface area contributed by atoms with Crippen molar-refractivity contribution < 1.29 is 23.8 Å². The van der Waals surface area contributed by atoms with Crippen molar-refractivity contribution in [1.29, 1.82) is 0 Å². The lowest BCUT2D eigenvalue weighted by molar-refractivity contribution is 0.0566. The summed E-state index contributed by atoms with van der Waals surface area (Å²) in [5.41, 5.74) is -1.35. The second-order valence-corrected chi connectivity index (χ2v) is 8.28. The zero-order valence-electron chi connectivity index (χ0n) is 14.1. The highest BCUT2D eigenvalue weighted by Crippen LogP contribution is 2.30. The number of hydrogen-bond acceptors (Lipinski definition) is 7. The molecule has 0 aromatic carbocycles. The summed E-state index contributed by atoms with van der Waals surface area (Å²) in [6, 6.07) is 0. The molecule has 134 valence electrons. The van der Waals surface area contributed by atoms with Crippen molar-refractivity contribution in [1.82, 2.24) is 0 Å². The molecule has 22 heavy (non-hydrogen) atoms. The average molecular weight is 375 g/mol. The average Bonchev–Trinajstić information content (AvgIpc) is 2.55. The maximum Gasteiger partial charge on any atom is 0.320 e. The fourth-order valence-corrected chi connectivity index (χ4v) is 4.86. The van der Waals surface area contributed by atoms with E-state index in [-0.39, 0.29) is 11.9 Å². The lowest BCUT2D eigenvalue weighted by Crippen LogP contribution is -2.29. The zero-order chi connectivity index (χ0) is 17.1. The number of rotatable bonds is 14. The molecule has 0 heterocycles. The Kier molecular flexibility index (Phi) is 12.6. The molecule has 0 radical (unpaired) electrons. The van der Waals surface area contributed by atoms with E-state index in [2.05, 4.69) is 0 Å². The molecule has 8 heteroatoms.